The molecule has 9 heteroatoms. The Labute approximate surface area is 178 Å². The highest BCUT2D eigenvalue weighted by molar-refractivity contribution is 5.95. The van der Waals surface area contributed by atoms with Gasteiger partial charge >= 0.3 is 23.9 Å². The summed E-state index contributed by atoms with van der Waals surface area (Å²) in [6.07, 6.45) is 2.82. The van der Waals surface area contributed by atoms with Crippen LogP contribution in [0.2, 0.25) is 0 Å². The van der Waals surface area contributed by atoms with E-state index >= 15 is 0 Å². The minimum atomic E-state index is -1.01. The highest BCUT2D eigenvalue weighted by Crippen LogP contribution is 2.24. The maximum absolute atomic E-state index is 12.2. The van der Waals surface area contributed by atoms with Crippen LogP contribution in [0, 0.1) is 11.8 Å². The average Bonchev–Trinajstić information content (AvgIpc) is 2.71. The van der Waals surface area contributed by atoms with Crippen LogP contribution < -0.4 is 5.32 Å². The van der Waals surface area contributed by atoms with Gasteiger partial charge in [-0.25, -0.2) is 0 Å². The Bertz CT molecular complexity index is 495. The summed E-state index contributed by atoms with van der Waals surface area (Å²) in [6, 6.07) is -0.291. The number of ether oxygens (including phenoxy) is 4. The number of nitrogens with one attached hydrogen (secondary N) is 1. The van der Waals surface area contributed by atoms with E-state index in [1.54, 1.807) is 27.7 Å². The SMILES string of the molecule is CCOC(=O)C(CC1CCCC(CC(C(=O)OCC)C(=O)OCC)N1)C(=O)OCC. The maximum Gasteiger partial charge on any atom is 0.320 e. The average molecular weight is 430 g/mol. The van der Waals surface area contributed by atoms with Gasteiger partial charge in [-0.2, -0.15) is 0 Å². The molecule has 2 unspecified atom stereocenters. The summed E-state index contributed by atoms with van der Waals surface area (Å²) in [5, 5.41) is 3.37. The third-order valence-corrected chi connectivity index (χ3v) is 4.90. The molecule has 1 aliphatic rings. The lowest BCUT2D eigenvalue weighted by Gasteiger charge is -2.33. The molecule has 1 heterocycles. The molecule has 172 valence electrons. The van der Waals surface area contributed by atoms with Crippen LogP contribution in [0.15, 0.2) is 0 Å². The summed E-state index contributed by atoms with van der Waals surface area (Å²) in [5.41, 5.74) is 0. The molecule has 9 nitrogen and oxygen atoms in total. The largest absolute Gasteiger partial charge is 0.465 e. The molecule has 0 aromatic rings. The molecule has 30 heavy (non-hydrogen) atoms. The van der Waals surface area contributed by atoms with Crippen molar-refractivity contribution in [3.05, 3.63) is 0 Å². The Morgan fingerprint density at radius 1 is 0.667 bits per heavy atom. The molecule has 0 saturated carbocycles. The number of hydrogen-bond donors (Lipinski definition) is 1. The van der Waals surface area contributed by atoms with Crippen molar-refractivity contribution in [3.8, 4) is 0 Å². The second kappa shape index (κ2) is 14.0. The standard InChI is InChI=1S/C21H35NO8/c1-5-27-18(23)16(19(24)28-6-2)12-14-10-9-11-15(22-14)13-17(20(25)29-7-3)21(26)30-8-4/h14-17,22H,5-13H2,1-4H3. The first-order valence-corrected chi connectivity index (χ1v) is 10.8. The highest BCUT2D eigenvalue weighted by Gasteiger charge is 2.37. The van der Waals surface area contributed by atoms with Gasteiger partial charge in [0.25, 0.3) is 0 Å². The smallest absolute Gasteiger partial charge is 0.320 e. The minimum Gasteiger partial charge on any atom is -0.465 e. The minimum absolute atomic E-state index is 0.146. The van der Waals surface area contributed by atoms with Crippen molar-refractivity contribution in [2.45, 2.75) is 71.9 Å². The molecule has 1 aliphatic heterocycles. The Balaban J connectivity index is 2.81. The van der Waals surface area contributed by atoms with E-state index < -0.39 is 35.7 Å². The molecule has 0 bridgehead atoms. The van der Waals surface area contributed by atoms with Crippen molar-refractivity contribution in [1.29, 1.82) is 0 Å². The molecule has 0 spiro atoms. The molecule has 0 aromatic carbocycles. The zero-order valence-corrected chi connectivity index (χ0v) is 18.4. The first-order chi connectivity index (χ1) is 14.4. The number of carbonyl (C=O) groups is 4. The first kappa shape index (κ1) is 25.9. The van der Waals surface area contributed by atoms with E-state index in [9.17, 15) is 19.2 Å². The van der Waals surface area contributed by atoms with Gasteiger partial charge in [-0.3, -0.25) is 19.2 Å². The predicted octanol–water partition coefficient (Wildman–Crippen LogP) is 1.76. The monoisotopic (exact) mass is 429 g/mol. The van der Waals surface area contributed by atoms with Crippen LogP contribution in [0.4, 0.5) is 0 Å². The Kier molecular flexibility index (Phi) is 12.0. The highest BCUT2D eigenvalue weighted by atomic mass is 16.6. The van der Waals surface area contributed by atoms with Gasteiger partial charge in [0.05, 0.1) is 26.4 Å². The summed E-state index contributed by atoms with van der Waals surface area (Å²) in [6.45, 7) is 7.43. The third-order valence-electron chi connectivity index (χ3n) is 4.90. The fourth-order valence-electron chi connectivity index (χ4n) is 3.60. The van der Waals surface area contributed by atoms with Crippen molar-refractivity contribution in [2.75, 3.05) is 26.4 Å². The van der Waals surface area contributed by atoms with Crippen LogP contribution in [0.1, 0.15) is 59.8 Å². The van der Waals surface area contributed by atoms with E-state index in [-0.39, 0.29) is 51.4 Å². The number of hydrogen-bond acceptors (Lipinski definition) is 9. The van der Waals surface area contributed by atoms with Crippen LogP contribution in [0.3, 0.4) is 0 Å². The van der Waals surface area contributed by atoms with Crippen molar-refractivity contribution >= 4 is 23.9 Å². The zero-order chi connectivity index (χ0) is 22.5. The molecular formula is C21H35NO8. The summed E-state index contributed by atoms with van der Waals surface area (Å²) >= 11 is 0. The fourth-order valence-corrected chi connectivity index (χ4v) is 3.60. The summed E-state index contributed by atoms with van der Waals surface area (Å²) in [7, 11) is 0. The van der Waals surface area contributed by atoms with Gasteiger partial charge in [-0.1, -0.05) is 6.42 Å². The van der Waals surface area contributed by atoms with E-state index in [2.05, 4.69) is 5.32 Å². The Morgan fingerprint density at radius 2 is 0.967 bits per heavy atom. The van der Waals surface area contributed by atoms with Crippen molar-refractivity contribution in [3.63, 3.8) is 0 Å². The number of carbonyl (C=O) groups excluding carboxylic acids is 4. The maximum atomic E-state index is 12.2. The molecule has 0 radical (unpaired) electrons. The summed E-state index contributed by atoms with van der Waals surface area (Å²) in [5.74, 6) is -4.42. The number of piperidine rings is 1. The van der Waals surface area contributed by atoms with Crippen LogP contribution in [-0.4, -0.2) is 62.4 Å². The first-order valence-electron chi connectivity index (χ1n) is 10.8. The van der Waals surface area contributed by atoms with Crippen molar-refractivity contribution in [2.24, 2.45) is 11.8 Å². The molecular weight excluding hydrogens is 394 g/mol. The lowest BCUT2D eigenvalue weighted by molar-refractivity contribution is -0.163. The van der Waals surface area contributed by atoms with Gasteiger partial charge in [0.2, 0.25) is 0 Å². The quantitative estimate of drug-likeness (QED) is 0.281. The van der Waals surface area contributed by atoms with Crippen molar-refractivity contribution in [1.82, 2.24) is 5.32 Å². The van der Waals surface area contributed by atoms with Gasteiger partial charge in [-0.05, 0) is 53.4 Å². The van der Waals surface area contributed by atoms with E-state index in [0.29, 0.717) is 0 Å². The molecule has 1 N–H and O–H groups in total. The van der Waals surface area contributed by atoms with Crippen molar-refractivity contribution < 1.29 is 38.1 Å². The summed E-state index contributed by atoms with van der Waals surface area (Å²) < 4.78 is 20.1. The van der Waals surface area contributed by atoms with Crippen LogP contribution >= 0.6 is 0 Å². The van der Waals surface area contributed by atoms with Gasteiger partial charge in [0, 0.05) is 12.1 Å². The van der Waals surface area contributed by atoms with E-state index in [4.69, 9.17) is 18.9 Å². The van der Waals surface area contributed by atoms with Crippen LogP contribution in [-0.2, 0) is 38.1 Å². The topological polar surface area (TPSA) is 117 Å². The molecule has 2 atom stereocenters. The van der Waals surface area contributed by atoms with Gasteiger partial charge in [0.15, 0.2) is 11.8 Å². The fraction of sp³-hybridized carbons (Fsp3) is 0.810. The predicted molar refractivity (Wildman–Crippen MR) is 107 cm³/mol. The molecule has 0 amide bonds. The number of rotatable bonds is 12. The van der Waals surface area contributed by atoms with Crippen LogP contribution in [0.5, 0.6) is 0 Å². The molecule has 1 rings (SSSR count). The second-order valence-corrected chi connectivity index (χ2v) is 7.08. The lowest BCUT2D eigenvalue weighted by atomic mass is 9.87. The van der Waals surface area contributed by atoms with E-state index in [1.165, 1.54) is 0 Å². The van der Waals surface area contributed by atoms with Gasteiger partial charge in [0.1, 0.15) is 0 Å². The van der Waals surface area contributed by atoms with Crippen LogP contribution in [0.25, 0.3) is 0 Å². The molecule has 1 saturated heterocycles. The van der Waals surface area contributed by atoms with E-state index in [0.717, 1.165) is 19.3 Å². The Morgan fingerprint density at radius 3 is 1.23 bits per heavy atom. The summed E-state index contributed by atoms with van der Waals surface area (Å²) in [4.78, 5) is 49.0. The lowest BCUT2D eigenvalue weighted by Crippen LogP contribution is -2.47. The van der Waals surface area contributed by atoms with Gasteiger partial charge in [-0.15, -0.1) is 0 Å². The van der Waals surface area contributed by atoms with E-state index in [1.807, 2.05) is 0 Å². The normalized spacial score (nSPS) is 18.7. The second-order valence-electron chi connectivity index (χ2n) is 7.08. The zero-order valence-electron chi connectivity index (χ0n) is 18.4. The Hall–Kier alpha value is -2.16. The van der Waals surface area contributed by atoms with Gasteiger partial charge < -0.3 is 24.3 Å². The number of esters is 4. The third kappa shape index (κ3) is 8.30. The molecule has 1 fully saturated rings. The molecule has 0 aromatic heterocycles. The molecule has 0 aliphatic carbocycles.